The minimum atomic E-state index is -1.09. The normalized spacial score (nSPS) is 20.4. The third-order valence-electron chi connectivity index (χ3n) is 3.87. The Hall–Kier alpha value is -1.42. The van der Waals surface area contributed by atoms with E-state index in [-0.39, 0.29) is 5.56 Å². The van der Waals surface area contributed by atoms with Gasteiger partial charge in [-0.1, -0.05) is 19.4 Å². The summed E-state index contributed by atoms with van der Waals surface area (Å²) in [5.74, 6) is -0.803. The molecule has 3 nitrogen and oxygen atoms in total. The van der Waals surface area contributed by atoms with Crippen LogP contribution < -0.4 is 0 Å². The molecule has 0 bridgehead atoms. The van der Waals surface area contributed by atoms with Gasteiger partial charge in [0.1, 0.15) is 5.82 Å². The van der Waals surface area contributed by atoms with E-state index in [1.165, 1.54) is 12.5 Å². The van der Waals surface area contributed by atoms with Gasteiger partial charge in [-0.3, -0.25) is 4.90 Å². The zero-order chi connectivity index (χ0) is 13.8. The topological polar surface area (TPSA) is 40.5 Å². The van der Waals surface area contributed by atoms with Crippen molar-refractivity contribution >= 4 is 5.97 Å². The van der Waals surface area contributed by atoms with Crippen molar-refractivity contribution in [3.63, 3.8) is 0 Å². The zero-order valence-corrected chi connectivity index (χ0v) is 11.2. The predicted octanol–water partition coefficient (Wildman–Crippen LogP) is 3.15. The molecular weight excluding hydrogens is 245 g/mol. The van der Waals surface area contributed by atoms with E-state index in [0.717, 1.165) is 32.0 Å². The van der Waals surface area contributed by atoms with Crippen molar-refractivity contribution in [1.82, 2.24) is 4.90 Å². The minimum Gasteiger partial charge on any atom is -0.478 e. The van der Waals surface area contributed by atoms with Gasteiger partial charge >= 0.3 is 5.97 Å². The largest absolute Gasteiger partial charge is 0.478 e. The third kappa shape index (κ3) is 3.53. The molecule has 104 valence electrons. The average Bonchev–Trinajstić information content (AvgIpc) is 2.41. The summed E-state index contributed by atoms with van der Waals surface area (Å²) in [4.78, 5) is 13.0. The summed E-state index contributed by atoms with van der Waals surface area (Å²) in [6.45, 7) is 4.77. The van der Waals surface area contributed by atoms with E-state index >= 15 is 0 Å². The molecule has 4 heteroatoms. The molecule has 19 heavy (non-hydrogen) atoms. The lowest BCUT2D eigenvalue weighted by molar-refractivity contribution is 0.0696. The quantitative estimate of drug-likeness (QED) is 0.909. The summed E-state index contributed by atoms with van der Waals surface area (Å²) < 4.78 is 13.9. The highest BCUT2D eigenvalue weighted by molar-refractivity contribution is 5.87. The molecule has 1 aliphatic heterocycles. The Morgan fingerprint density at radius 3 is 2.95 bits per heavy atom. The molecule has 1 N–H and O–H groups in total. The maximum atomic E-state index is 13.9. The first-order valence-electron chi connectivity index (χ1n) is 6.84. The highest BCUT2D eigenvalue weighted by Gasteiger charge is 2.19. The van der Waals surface area contributed by atoms with E-state index < -0.39 is 11.8 Å². The SMILES string of the molecule is CCC1CCCN(Cc2ccc(C(=O)O)cc2F)C1. The summed E-state index contributed by atoms with van der Waals surface area (Å²) in [7, 11) is 0. The average molecular weight is 265 g/mol. The number of aromatic carboxylic acids is 1. The first-order chi connectivity index (χ1) is 9.10. The summed E-state index contributed by atoms with van der Waals surface area (Å²) in [5.41, 5.74) is 0.591. The van der Waals surface area contributed by atoms with Crippen LogP contribution in [0.3, 0.4) is 0 Å². The molecule has 0 aliphatic carbocycles. The molecule has 1 aromatic rings. The van der Waals surface area contributed by atoms with E-state index in [0.29, 0.717) is 18.0 Å². The summed E-state index contributed by atoms with van der Waals surface area (Å²) in [6.07, 6.45) is 3.58. The van der Waals surface area contributed by atoms with Crippen LogP contribution in [0.4, 0.5) is 4.39 Å². The Morgan fingerprint density at radius 2 is 2.32 bits per heavy atom. The Kier molecular flexibility index (Phi) is 4.53. The van der Waals surface area contributed by atoms with Crippen LogP contribution in [0.2, 0.25) is 0 Å². The molecule has 1 unspecified atom stereocenters. The Balaban J connectivity index is 2.04. The van der Waals surface area contributed by atoms with Crippen molar-refractivity contribution in [2.75, 3.05) is 13.1 Å². The number of likely N-dealkylation sites (tertiary alicyclic amines) is 1. The number of hydrogen-bond donors (Lipinski definition) is 1. The van der Waals surface area contributed by atoms with Crippen molar-refractivity contribution in [1.29, 1.82) is 0 Å². The number of rotatable bonds is 4. The van der Waals surface area contributed by atoms with Crippen molar-refractivity contribution in [2.45, 2.75) is 32.7 Å². The fraction of sp³-hybridized carbons (Fsp3) is 0.533. The molecule has 0 amide bonds. The lowest BCUT2D eigenvalue weighted by Crippen LogP contribution is -2.34. The Bertz CT molecular complexity index is 461. The van der Waals surface area contributed by atoms with Crippen molar-refractivity contribution in [2.24, 2.45) is 5.92 Å². The standard InChI is InChI=1S/C15H20FNO2/c1-2-11-4-3-7-17(9-11)10-13-6-5-12(15(18)19)8-14(13)16/h5-6,8,11H,2-4,7,9-10H2,1H3,(H,18,19). The summed E-state index contributed by atoms with van der Waals surface area (Å²) in [5, 5.41) is 8.81. The van der Waals surface area contributed by atoms with Gasteiger partial charge in [0.15, 0.2) is 0 Å². The van der Waals surface area contributed by atoms with Crippen molar-refractivity contribution in [3.8, 4) is 0 Å². The fourth-order valence-electron chi connectivity index (χ4n) is 2.68. The van der Waals surface area contributed by atoms with E-state index in [9.17, 15) is 9.18 Å². The Labute approximate surface area is 113 Å². The van der Waals surface area contributed by atoms with Crippen molar-refractivity contribution < 1.29 is 14.3 Å². The van der Waals surface area contributed by atoms with E-state index in [1.807, 2.05) is 0 Å². The minimum absolute atomic E-state index is 0.00586. The van der Waals surface area contributed by atoms with Crippen LogP contribution in [-0.4, -0.2) is 29.1 Å². The molecule has 1 fully saturated rings. The smallest absolute Gasteiger partial charge is 0.335 e. The number of nitrogens with zero attached hydrogens (tertiary/aromatic N) is 1. The van der Waals surface area contributed by atoms with Gasteiger partial charge in [0.25, 0.3) is 0 Å². The van der Waals surface area contributed by atoms with Crippen LogP contribution in [0.5, 0.6) is 0 Å². The van der Waals surface area contributed by atoms with Gasteiger partial charge in [-0.25, -0.2) is 9.18 Å². The first kappa shape index (κ1) is 14.0. The monoisotopic (exact) mass is 265 g/mol. The van der Waals surface area contributed by atoms with Gasteiger partial charge in [0.05, 0.1) is 5.56 Å². The van der Waals surface area contributed by atoms with Gasteiger partial charge < -0.3 is 5.11 Å². The lowest BCUT2D eigenvalue weighted by atomic mass is 9.95. The molecule has 1 aromatic carbocycles. The molecule has 1 saturated heterocycles. The van der Waals surface area contributed by atoms with Crippen LogP contribution in [0.15, 0.2) is 18.2 Å². The second kappa shape index (κ2) is 6.15. The van der Waals surface area contributed by atoms with Gasteiger partial charge in [-0.2, -0.15) is 0 Å². The number of halogens is 1. The highest BCUT2D eigenvalue weighted by atomic mass is 19.1. The highest BCUT2D eigenvalue weighted by Crippen LogP contribution is 2.22. The molecule has 0 radical (unpaired) electrons. The summed E-state index contributed by atoms with van der Waals surface area (Å²) in [6, 6.07) is 4.18. The second-order valence-electron chi connectivity index (χ2n) is 5.26. The van der Waals surface area contributed by atoms with E-state index in [4.69, 9.17) is 5.11 Å². The van der Waals surface area contributed by atoms with Gasteiger partial charge in [-0.15, -0.1) is 0 Å². The van der Waals surface area contributed by atoms with Gasteiger partial charge in [0.2, 0.25) is 0 Å². The molecular formula is C15H20FNO2. The van der Waals surface area contributed by atoms with E-state index in [1.54, 1.807) is 6.07 Å². The first-order valence-corrected chi connectivity index (χ1v) is 6.84. The molecule has 0 spiro atoms. The molecule has 0 aromatic heterocycles. The predicted molar refractivity (Wildman–Crippen MR) is 71.7 cm³/mol. The van der Waals surface area contributed by atoms with Gasteiger partial charge in [-0.05, 0) is 37.4 Å². The Morgan fingerprint density at radius 1 is 1.53 bits per heavy atom. The number of benzene rings is 1. The molecule has 0 saturated carbocycles. The van der Waals surface area contributed by atoms with Crippen LogP contribution in [0, 0.1) is 11.7 Å². The zero-order valence-electron chi connectivity index (χ0n) is 11.2. The lowest BCUT2D eigenvalue weighted by Gasteiger charge is -2.32. The van der Waals surface area contributed by atoms with Crippen LogP contribution in [0.1, 0.15) is 42.1 Å². The number of hydrogen-bond acceptors (Lipinski definition) is 2. The van der Waals surface area contributed by atoms with E-state index in [2.05, 4.69) is 11.8 Å². The van der Waals surface area contributed by atoms with Crippen LogP contribution in [0.25, 0.3) is 0 Å². The molecule has 1 aliphatic rings. The van der Waals surface area contributed by atoms with Gasteiger partial charge in [0, 0.05) is 18.7 Å². The number of carboxylic acids is 1. The fourth-order valence-corrected chi connectivity index (χ4v) is 2.68. The van der Waals surface area contributed by atoms with Crippen LogP contribution >= 0.6 is 0 Å². The maximum Gasteiger partial charge on any atom is 0.335 e. The van der Waals surface area contributed by atoms with Crippen molar-refractivity contribution in [3.05, 3.63) is 35.1 Å². The number of carboxylic acid groups (broad SMARTS) is 1. The second-order valence-corrected chi connectivity index (χ2v) is 5.26. The molecule has 1 heterocycles. The number of carbonyl (C=O) groups is 1. The maximum absolute atomic E-state index is 13.9. The number of piperidine rings is 1. The summed E-state index contributed by atoms with van der Waals surface area (Å²) >= 11 is 0. The molecule has 1 atom stereocenters. The third-order valence-corrected chi connectivity index (χ3v) is 3.87. The molecule has 2 rings (SSSR count). The van der Waals surface area contributed by atoms with Crippen LogP contribution in [-0.2, 0) is 6.54 Å².